The average Bonchev–Trinajstić information content (AvgIpc) is 2.53. The third-order valence-electron chi connectivity index (χ3n) is 2.70. The van der Waals surface area contributed by atoms with E-state index in [1.54, 1.807) is 12.1 Å². The molecule has 7 nitrogen and oxygen atoms in total. The third kappa shape index (κ3) is 3.75. The first kappa shape index (κ1) is 14.4. The topological polar surface area (TPSA) is 101 Å². The number of carbonyl (C=O) groups is 2. The van der Waals surface area contributed by atoms with Gasteiger partial charge in [0.25, 0.3) is 5.91 Å². The number of carbonyl (C=O) groups excluding carboxylic acids is 1. The predicted octanol–water partition coefficient (Wildman–Crippen LogP) is 1.11. The summed E-state index contributed by atoms with van der Waals surface area (Å²) >= 11 is 0. The summed E-state index contributed by atoms with van der Waals surface area (Å²) in [5, 5.41) is 11.5. The number of methoxy groups -OCH3 is 1. The molecule has 0 bridgehead atoms. The van der Waals surface area contributed by atoms with Crippen LogP contribution in [0.4, 0.5) is 0 Å². The fourth-order valence-corrected chi connectivity index (χ4v) is 1.62. The maximum absolute atomic E-state index is 11.9. The van der Waals surface area contributed by atoms with Gasteiger partial charge in [0.1, 0.15) is 0 Å². The fraction of sp³-hybridized carbons (Fsp3) is 0.143. The van der Waals surface area contributed by atoms with Crippen LogP contribution in [-0.4, -0.2) is 34.1 Å². The molecule has 0 aliphatic rings. The summed E-state index contributed by atoms with van der Waals surface area (Å²) < 4.78 is 4.91. The summed E-state index contributed by atoms with van der Waals surface area (Å²) in [6, 6.07) is 5.97. The van der Waals surface area contributed by atoms with Gasteiger partial charge in [-0.15, -0.1) is 0 Å². The van der Waals surface area contributed by atoms with Crippen molar-refractivity contribution in [1.82, 2.24) is 15.3 Å². The van der Waals surface area contributed by atoms with Crippen LogP contribution in [-0.2, 0) is 6.54 Å². The van der Waals surface area contributed by atoms with Gasteiger partial charge in [-0.1, -0.05) is 0 Å². The number of hydrogen-bond acceptors (Lipinski definition) is 5. The number of ether oxygens (including phenoxy) is 1. The lowest BCUT2D eigenvalue weighted by Gasteiger charge is -2.06. The molecule has 2 rings (SSSR count). The van der Waals surface area contributed by atoms with E-state index in [4.69, 9.17) is 9.84 Å². The van der Waals surface area contributed by atoms with Crippen molar-refractivity contribution >= 4 is 11.9 Å². The van der Waals surface area contributed by atoms with E-state index < -0.39 is 5.97 Å². The number of amides is 1. The summed E-state index contributed by atoms with van der Waals surface area (Å²) in [6.45, 7) is 0.131. The largest absolute Gasteiger partial charge is 0.481 e. The number of aromatic carboxylic acids is 1. The van der Waals surface area contributed by atoms with Crippen LogP contribution in [0.3, 0.4) is 0 Å². The monoisotopic (exact) mass is 287 g/mol. The van der Waals surface area contributed by atoms with Gasteiger partial charge in [0.15, 0.2) is 0 Å². The van der Waals surface area contributed by atoms with Crippen LogP contribution >= 0.6 is 0 Å². The summed E-state index contributed by atoms with van der Waals surface area (Å²) in [7, 11) is 1.49. The van der Waals surface area contributed by atoms with Crippen molar-refractivity contribution < 1.29 is 19.4 Å². The Hall–Kier alpha value is -2.96. The van der Waals surface area contributed by atoms with Gasteiger partial charge in [-0.25, -0.2) is 9.78 Å². The van der Waals surface area contributed by atoms with E-state index in [9.17, 15) is 9.59 Å². The van der Waals surface area contributed by atoms with Gasteiger partial charge in [-0.05, 0) is 18.2 Å². The second-order valence-electron chi connectivity index (χ2n) is 4.11. The molecule has 0 unspecified atom stereocenters. The molecule has 21 heavy (non-hydrogen) atoms. The maximum atomic E-state index is 11.9. The third-order valence-corrected chi connectivity index (χ3v) is 2.70. The molecule has 0 aliphatic heterocycles. The number of aromatic nitrogens is 2. The van der Waals surface area contributed by atoms with Gasteiger partial charge in [0, 0.05) is 18.5 Å². The van der Waals surface area contributed by atoms with Gasteiger partial charge in [0.05, 0.1) is 30.5 Å². The van der Waals surface area contributed by atoms with E-state index in [2.05, 4.69) is 15.3 Å². The second kappa shape index (κ2) is 6.47. The minimum atomic E-state index is -1.04. The second-order valence-corrected chi connectivity index (χ2v) is 4.11. The average molecular weight is 287 g/mol. The first-order valence-electron chi connectivity index (χ1n) is 6.06. The highest BCUT2D eigenvalue weighted by Crippen LogP contribution is 2.07. The van der Waals surface area contributed by atoms with Gasteiger partial charge >= 0.3 is 5.97 Å². The van der Waals surface area contributed by atoms with Gasteiger partial charge in [-0.3, -0.25) is 9.78 Å². The molecular weight excluding hydrogens is 274 g/mol. The molecule has 0 aliphatic carbocycles. The lowest BCUT2D eigenvalue weighted by molar-refractivity contribution is 0.0696. The van der Waals surface area contributed by atoms with Crippen molar-refractivity contribution in [2.45, 2.75) is 6.54 Å². The molecule has 0 spiro atoms. The Kier molecular flexibility index (Phi) is 4.45. The van der Waals surface area contributed by atoms with Crippen LogP contribution in [0.2, 0.25) is 0 Å². The first-order valence-corrected chi connectivity index (χ1v) is 6.06. The van der Waals surface area contributed by atoms with Crippen LogP contribution in [0.15, 0.2) is 36.7 Å². The van der Waals surface area contributed by atoms with Crippen molar-refractivity contribution in [3.05, 3.63) is 53.5 Å². The lowest BCUT2D eigenvalue weighted by atomic mass is 10.2. The number of nitrogens with one attached hydrogen (secondary N) is 1. The van der Waals surface area contributed by atoms with Crippen LogP contribution in [0.1, 0.15) is 26.4 Å². The van der Waals surface area contributed by atoms with E-state index in [1.165, 1.54) is 31.6 Å². The number of carboxylic acid groups (broad SMARTS) is 1. The van der Waals surface area contributed by atoms with Crippen molar-refractivity contribution in [3.8, 4) is 5.88 Å². The molecule has 0 radical (unpaired) electrons. The summed E-state index contributed by atoms with van der Waals surface area (Å²) in [5.74, 6) is -0.945. The molecule has 0 saturated heterocycles. The quantitative estimate of drug-likeness (QED) is 0.854. The zero-order chi connectivity index (χ0) is 15.2. The standard InChI is InChI=1S/C14H13N3O4/c1-21-12-3-2-10(7-16-12)13(18)17-8-11-6-9(14(19)20)4-5-15-11/h2-7H,8H2,1H3,(H,17,18)(H,19,20). The molecule has 0 saturated carbocycles. The molecule has 7 heteroatoms. The van der Waals surface area contributed by atoms with Crippen LogP contribution in [0, 0.1) is 0 Å². The minimum absolute atomic E-state index is 0.125. The lowest BCUT2D eigenvalue weighted by Crippen LogP contribution is -2.23. The van der Waals surface area contributed by atoms with Crippen molar-refractivity contribution in [3.63, 3.8) is 0 Å². The number of pyridine rings is 2. The minimum Gasteiger partial charge on any atom is -0.481 e. The van der Waals surface area contributed by atoms with Gasteiger partial charge < -0.3 is 15.2 Å². The molecular formula is C14H13N3O4. The number of nitrogens with zero attached hydrogens (tertiary/aromatic N) is 2. The SMILES string of the molecule is COc1ccc(C(=O)NCc2cc(C(=O)O)ccn2)cn1. The normalized spacial score (nSPS) is 9.95. The zero-order valence-electron chi connectivity index (χ0n) is 11.2. The Morgan fingerprint density at radius 1 is 1.24 bits per heavy atom. The number of rotatable bonds is 5. The molecule has 2 N–H and O–H groups in total. The Labute approximate surface area is 120 Å². The van der Waals surface area contributed by atoms with Crippen LogP contribution in [0.5, 0.6) is 5.88 Å². The molecule has 2 aromatic heterocycles. The van der Waals surface area contributed by atoms with Crippen LogP contribution in [0.25, 0.3) is 0 Å². The Bertz CT molecular complexity index is 656. The molecule has 2 heterocycles. The maximum Gasteiger partial charge on any atom is 0.335 e. The molecule has 1 amide bonds. The summed E-state index contributed by atoms with van der Waals surface area (Å²) in [6.07, 6.45) is 2.79. The smallest absolute Gasteiger partial charge is 0.335 e. The highest BCUT2D eigenvalue weighted by molar-refractivity contribution is 5.93. The highest BCUT2D eigenvalue weighted by Gasteiger charge is 2.08. The van der Waals surface area contributed by atoms with E-state index in [0.29, 0.717) is 17.1 Å². The Balaban J connectivity index is 2.00. The van der Waals surface area contributed by atoms with Crippen molar-refractivity contribution in [2.24, 2.45) is 0 Å². The Morgan fingerprint density at radius 3 is 2.67 bits per heavy atom. The zero-order valence-corrected chi connectivity index (χ0v) is 11.2. The highest BCUT2D eigenvalue weighted by atomic mass is 16.5. The molecule has 2 aromatic rings. The number of carboxylic acids is 1. The summed E-state index contributed by atoms with van der Waals surface area (Å²) in [4.78, 5) is 30.7. The molecule has 0 fully saturated rings. The summed E-state index contributed by atoms with van der Waals surface area (Å²) in [5.41, 5.74) is 0.968. The predicted molar refractivity (Wildman–Crippen MR) is 73.2 cm³/mol. The van der Waals surface area contributed by atoms with Gasteiger partial charge in [-0.2, -0.15) is 0 Å². The van der Waals surface area contributed by atoms with E-state index in [1.807, 2.05) is 0 Å². The molecule has 0 aromatic carbocycles. The molecule has 0 atom stereocenters. The van der Waals surface area contributed by atoms with E-state index in [-0.39, 0.29) is 18.0 Å². The van der Waals surface area contributed by atoms with Crippen LogP contribution < -0.4 is 10.1 Å². The molecule has 108 valence electrons. The van der Waals surface area contributed by atoms with E-state index in [0.717, 1.165) is 0 Å². The fourth-order valence-electron chi connectivity index (χ4n) is 1.62. The van der Waals surface area contributed by atoms with Crippen molar-refractivity contribution in [2.75, 3.05) is 7.11 Å². The Morgan fingerprint density at radius 2 is 2.05 bits per heavy atom. The number of hydrogen-bond donors (Lipinski definition) is 2. The van der Waals surface area contributed by atoms with Gasteiger partial charge in [0.2, 0.25) is 5.88 Å². The first-order chi connectivity index (χ1) is 10.1. The van der Waals surface area contributed by atoms with Crippen molar-refractivity contribution in [1.29, 1.82) is 0 Å². The van der Waals surface area contributed by atoms with E-state index >= 15 is 0 Å².